The highest BCUT2D eigenvalue weighted by molar-refractivity contribution is 5.92. The second kappa shape index (κ2) is 7.71. The monoisotopic (exact) mass is 387 g/mol. The van der Waals surface area contributed by atoms with Gasteiger partial charge in [0, 0.05) is 12.8 Å². The summed E-state index contributed by atoms with van der Waals surface area (Å²) in [6.45, 7) is 3.79. The number of para-hydroxylation sites is 2. The van der Waals surface area contributed by atoms with Crippen LogP contribution in [0, 0.1) is 13.8 Å². The third kappa shape index (κ3) is 3.80. The van der Waals surface area contributed by atoms with Crippen LogP contribution in [-0.4, -0.2) is 25.7 Å². The largest absolute Gasteiger partial charge is 0.323 e. The first kappa shape index (κ1) is 18.6. The molecule has 4 aromatic rings. The van der Waals surface area contributed by atoms with Crippen LogP contribution in [0.1, 0.15) is 23.6 Å². The number of nitrogens with zero attached hydrogens (tertiary/aromatic N) is 3. The number of carbonyl (C=O) groups is 1. The topological polar surface area (TPSA) is 92.7 Å². The summed E-state index contributed by atoms with van der Waals surface area (Å²) in [5.74, 6) is 0.344. The fourth-order valence-electron chi connectivity index (χ4n) is 3.33. The van der Waals surface area contributed by atoms with Gasteiger partial charge < -0.3 is 10.3 Å². The SMILES string of the molecule is Cc1nn(-c2ccccc2)c(C)c1NC(=O)CCc1nc2ccccc2c(=O)[nH]1. The number of aromatic nitrogens is 4. The van der Waals surface area contributed by atoms with Crippen LogP contribution in [0.4, 0.5) is 5.69 Å². The minimum absolute atomic E-state index is 0.153. The van der Waals surface area contributed by atoms with Crippen molar-refractivity contribution in [1.82, 2.24) is 19.7 Å². The molecule has 0 aliphatic carbocycles. The number of carbonyl (C=O) groups excluding carboxylic acids is 1. The van der Waals surface area contributed by atoms with Crippen LogP contribution < -0.4 is 10.9 Å². The van der Waals surface area contributed by atoms with Crippen LogP contribution in [0.5, 0.6) is 0 Å². The smallest absolute Gasteiger partial charge is 0.258 e. The van der Waals surface area contributed by atoms with E-state index >= 15 is 0 Å². The highest BCUT2D eigenvalue weighted by Gasteiger charge is 2.15. The lowest BCUT2D eigenvalue weighted by Crippen LogP contribution is -2.17. The van der Waals surface area contributed by atoms with Crippen molar-refractivity contribution in [2.75, 3.05) is 5.32 Å². The number of aryl methyl sites for hydroxylation is 2. The van der Waals surface area contributed by atoms with Gasteiger partial charge in [-0.3, -0.25) is 9.59 Å². The van der Waals surface area contributed by atoms with Gasteiger partial charge in [0.05, 0.1) is 33.7 Å². The van der Waals surface area contributed by atoms with Gasteiger partial charge in [-0.05, 0) is 38.1 Å². The van der Waals surface area contributed by atoms with Crippen LogP contribution in [0.25, 0.3) is 16.6 Å². The minimum atomic E-state index is -0.193. The highest BCUT2D eigenvalue weighted by Crippen LogP contribution is 2.23. The van der Waals surface area contributed by atoms with E-state index in [1.165, 1.54) is 0 Å². The summed E-state index contributed by atoms with van der Waals surface area (Å²) in [6.07, 6.45) is 0.549. The quantitative estimate of drug-likeness (QED) is 0.550. The molecule has 0 fully saturated rings. The van der Waals surface area contributed by atoms with Crippen molar-refractivity contribution in [3.05, 3.63) is 82.2 Å². The van der Waals surface area contributed by atoms with Crippen LogP contribution in [0.3, 0.4) is 0 Å². The van der Waals surface area contributed by atoms with Gasteiger partial charge in [-0.15, -0.1) is 0 Å². The van der Waals surface area contributed by atoms with Crippen LogP contribution in [-0.2, 0) is 11.2 Å². The lowest BCUT2D eigenvalue weighted by Gasteiger charge is -2.07. The molecule has 0 atom stereocenters. The Hall–Kier alpha value is -3.74. The van der Waals surface area contributed by atoms with E-state index in [1.54, 1.807) is 18.2 Å². The number of aromatic amines is 1. The molecule has 0 unspecified atom stereocenters. The lowest BCUT2D eigenvalue weighted by molar-refractivity contribution is -0.116. The molecule has 2 N–H and O–H groups in total. The molecule has 0 saturated carbocycles. The molecular formula is C22H21N5O2. The van der Waals surface area contributed by atoms with Crippen molar-refractivity contribution in [3.63, 3.8) is 0 Å². The number of rotatable bonds is 5. The zero-order chi connectivity index (χ0) is 20.4. The standard InChI is InChI=1S/C22H21N5O2/c1-14-21(15(2)27(26-14)16-8-4-3-5-9-16)25-20(28)13-12-19-23-18-11-7-6-10-17(18)22(29)24-19/h3-11H,12-13H2,1-2H3,(H,25,28)(H,23,24,29). The lowest BCUT2D eigenvalue weighted by atomic mass is 10.2. The van der Waals surface area contributed by atoms with Crippen LogP contribution in [0.15, 0.2) is 59.4 Å². The van der Waals surface area contributed by atoms with Crippen LogP contribution >= 0.6 is 0 Å². The molecule has 2 aromatic heterocycles. The van der Waals surface area contributed by atoms with Crippen molar-refractivity contribution in [2.45, 2.75) is 26.7 Å². The number of anilines is 1. The predicted octanol–water partition coefficient (Wildman–Crippen LogP) is 3.30. The number of nitrogens with one attached hydrogen (secondary N) is 2. The molecule has 0 aliphatic heterocycles. The number of amides is 1. The van der Waals surface area contributed by atoms with Gasteiger partial charge in [0.1, 0.15) is 5.82 Å². The number of benzene rings is 2. The Morgan fingerprint density at radius 3 is 2.59 bits per heavy atom. The summed E-state index contributed by atoms with van der Waals surface area (Å²) >= 11 is 0. The second-order valence-corrected chi connectivity index (χ2v) is 6.87. The summed E-state index contributed by atoms with van der Waals surface area (Å²) in [4.78, 5) is 31.9. The van der Waals surface area contributed by atoms with E-state index in [4.69, 9.17) is 0 Å². The molecule has 1 amide bonds. The van der Waals surface area contributed by atoms with Crippen LogP contribution in [0.2, 0.25) is 0 Å². The Morgan fingerprint density at radius 1 is 1.07 bits per heavy atom. The number of H-pyrrole nitrogens is 1. The molecule has 2 aromatic carbocycles. The minimum Gasteiger partial charge on any atom is -0.323 e. The molecule has 7 heteroatoms. The van der Waals surface area contributed by atoms with Crippen molar-refractivity contribution in [3.8, 4) is 5.69 Å². The van der Waals surface area contributed by atoms with Gasteiger partial charge in [0.2, 0.25) is 5.91 Å². The van der Waals surface area contributed by atoms with Crippen molar-refractivity contribution in [2.24, 2.45) is 0 Å². The van der Waals surface area contributed by atoms with Gasteiger partial charge in [-0.2, -0.15) is 5.10 Å². The van der Waals surface area contributed by atoms with E-state index in [2.05, 4.69) is 20.4 Å². The van der Waals surface area contributed by atoms with Gasteiger partial charge in [-0.25, -0.2) is 9.67 Å². The molecule has 29 heavy (non-hydrogen) atoms. The molecule has 0 radical (unpaired) electrons. The Labute approximate surface area is 167 Å². The molecule has 2 heterocycles. The summed E-state index contributed by atoms with van der Waals surface area (Å²) < 4.78 is 1.81. The number of fused-ring (bicyclic) bond motifs is 1. The molecular weight excluding hydrogens is 366 g/mol. The zero-order valence-electron chi connectivity index (χ0n) is 16.3. The average Bonchev–Trinajstić information content (AvgIpc) is 3.01. The van der Waals surface area contributed by atoms with Gasteiger partial charge in [0.25, 0.3) is 5.56 Å². The van der Waals surface area contributed by atoms with Crippen molar-refractivity contribution >= 4 is 22.5 Å². The van der Waals surface area contributed by atoms with E-state index in [1.807, 2.05) is 54.9 Å². The van der Waals surface area contributed by atoms with Crippen molar-refractivity contribution in [1.29, 1.82) is 0 Å². The third-order valence-electron chi connectivity index (χ3n) is 4.81. The van der Waals surface area contributed by atoms with E-state index < -0.39 is 0 Å². The number of hydrogen-bond donors (Lipinski definition) is 2. The Balaban J connectivity index is 1.48. The summed E-state index contributed by atoms with van der Waals surface area (Å²) in [5, 5.41) is 8.03. The second-order valence-electron chi connectivity index (χ2n) is 6.87. The molecule has 0 aliphatic rings. The van der Waals surface area contributed by atoms with Gasteiger partial charge >= 0.3 is 0 Å². The molecule has 0 spiro atoms. The first-order valence-corrected chi connectivity index (χ1v) is 9.42. The maximum Gasteiger partial charge on any atom is 0.258 e. The van der Waals surface area contributed by atoms with E-state index in [9.17, 15) is 9.59 Å². The first-order valence-electron chi connectivity index (χ1n) is 9.42. The van der Waals surface area contributed by atoms with Gasteiger partial charge in [0.15, 0.2) is 0 Å². The molecule has 4 rings (SSSR count). The highest BCUT2D eigenvalue weighted by atomic mass is 16.1. The third-order valence-corrected chi connectivity index (χ3v) is 4.81. The molecule has 7 nitrogen and oxygen atoms in total. The summed E-state index contributed by atoms with van der Waals surface area (Å²) in [6, 6.07) is 16.9. The maximum atomic E-state index is 12.5. The zero-order valence-corrected chi connectivity index (χ0v) is 16.3. The fraction of sp³-hybridized carbons (Fsp3) is 0.182. The van der Waals surface area contributed by atoms with Crippen molar-refractivity contribution < 1.29 is 4.79 Å². The molecule has 146 valence electrons. The van der Waals surface area contributed by atoms with Gasteiger partial charge in [-0.1, -0.05) is 30.3 Å². The van der Waals surface area contributed by atoms with E-state index in [-0.39, 0.29) is 17.9 Å². The predicted molar refractivity (Wildman–Crippen MR) is 112 cm³/mol. The molecule has 0 bridgehead atoms. The number of hydrogen-bond acceptors (Lipinski definition) is 4. The van der Waals surface area contributed by atoms with E-state index in [0.717, 1.165) is 17.1 Å². The normalized spacial score (nSPS) is 11.0. The Bertz CT molecular complexity index is 1240. The Morgan fingerprint density at radius 2 is 1.79 bits per heavy atom. The summed E-state index contributed by atoms with van der Waals surface area (Å²) in [7, 11) is 0. The molecule has 0 saturated heterocycles. The average molecular weight is 387 g/mol. The fourth-order valence-corrected chi connectivity index (χ4v) is 3.33. The first-order chi connectivity index (χ1) is 14.0. The Kier molecular flexibility index (Phi) is 4.95. The van der Waals surface area contributed by atoms with E-state index in [0.29, 0.717) is 28.8 Å². The maximum absolute atomic E-state index is 12.5. The summed E-state index contributed by atoms with van der Waals surface area (Å²) in [5.41, 5.74) is 3.69.